The van der Waals surface area contributed by atoms with Crippen molar-refractivity contribution in [3.8, 4) is 11.5 Å². The van der Waals surface area contributed by atoms with Crippen molar-refractivity contribution in [2.24, 2.45) is 40.9 Å². The molecule has 0 amide bonds. The molecule has 7 aromatic rings. The molecule has 0 atom stereocenters. The fourth-order valence-corrected chi connectivity index (χ4v) is 7.03. The van der Waals surface area contributed by atoms with Crippen molar-refractivity contribution in [2.45, 2.75) is 39.2 Å². The second kappa shape index (κ2) is 18.4. The van der Waals surface area contributed by atoms with Gasteiger partial charge >= 0.3 is 0 Å². The van der Waals surface area contributed by atoms with E-state index in [1.807, 2.05) is 94.4 Å². The van der Waals surface area contributed by atoms with Crippen LogP contribution in [0.25, 0.3) is 10.8 Å². The third-order valence-electron chi connectivity index (χ3n) is 9.82. The van der Waals surface area contributed by atoms with Crippen molar-refractivity contribution in [1.29, 1.82) is 0 Å². The molecule has 0 aliphatic heterocycles. The van der Waals surface area contributed by atoms with Crippen LogP contribution in [0.1, 0.15) is 27.8 Å². The van der Waals surface area contributed by atoms with Gasteiger partial charge in [-0.3, -0.25) is 4.55 Å². The SMILES string of the molecule is COc1cc(N=Nc2cc(C)c(N=Nc3cc(C)c(N=Nc4ccccc4S(=O)(=O)O)cc3C)cc2C)c(CO)cc1N=Nc1ccc2cc(Nc3ccccc3)ccc2c1O. The number of phenolic OH excluding ortho intramolecular Hbond substituents is 1. The quantitative estimate of drug-likeness (QED) is 0.0649. The van der Waals surface area contributed by atoms with Crippen LogP contribution in [0.15, 0.2) is 167 Å². The Morgan fingerprint density at radius 3 is 1.61 bits per heavy atom. The highest BCUT2D eigenvalue weighted by Gasteiger charge is 2.16. The summed E-state index contributed by atoms with van der Waals surface area (Å²) in [6.07, 6.45) is 0. The van der Waals surface area contributed by atoms with E-state index in [9.17, 15) is 23.2 Å². The average molecular weight is 848 g/mol. The third kappa shape index (κ3) is 9.74. The number of hydrogen-bond donors (Lipinski definition) is 4. The van der Waals surface area contributed by atoms with E-state index in [2.05, 4.69) is 46.2 Å². The van der Waals surface area contributed by atoms with Crippen molar-refractivity contribution < 1.29 is 27.9 Å². The van der Waals surface area contributed by atoms with Gasteiger partial charge in [-0.25, -0.2) is 0 Å². The normalized spacial score (nSPS) is 12.1. The number of anilines is 2. The van der Waals surface area contributed by atoms with Crippen molar-refractivity contribution >= 4 is 77.8 Å². The molecule has 0 heterocycles. The van der Waals surface area contributed by atoms with Crippen molar-refractivity contribution in [1.82, 2.24) is 0 Å². The summed E-state index contributed by atoms with van der Waals surface area (Å²) >= 11 is 0. The number of phenols is 1. The molecule has 16 heteroatoms. The summed E-state index contributed by atoms with van der Waals surface area (Å²) in [5, 5.41) is 61.1. The van der Waals surface area contributed by atoms with Gasteiger partial charge in [-0.05, 0) is 134 Å². The first-order valence-electron chi connectivity index (χ1n) is 19.2. The number of benzene rings is 7. The largest absolute Gasteiger partial charge is 0.505 e. The zero-order valence-corrected chi connectivity index (χ0v) is 35.1. The molecule has 312 valence electrons. The number of fused-ring (bicyclic) bond motifs is 1. The fourth-order valence-electron chi connectivity index (χ4n) is 6.40. The number of rotatable bonds is 13. The van der Waals surface area contributed by atoms with Gasteiger partial charge in [-0.2, -0.15) is 34.0 Å². The Balaban J connectivity index is 1.07. The molecule has 0 bridgehead atoms. The first kappa shape index (κ1) is 42.6. The lowest BCUT2D eigenvalue weighted by Crippen LogP contribution is -1.97. The Morgan fingerprint density at radius 1 is 0.532 bits per heavy atom. The van der Waals surface area contributed by atoms with Gasteiger partial charge in [-0.1, -0.05) is 36.4 Å². The van der Waals surface area contributed by atoms with Gasteiger partial charge < -0.3 is 20.3 Å². The average Bonchev–Trinajstić information content (AvgIpc) is 3.26. The smallest absolute Gasteiger partial charge is 0.296 e. The third-order valence-corrected chi connectivity index (χ3v) is 10.7. The van der Waals surface area contributed by atoms with Crippen molar-refractivity contribution in [3.63, 3.8) is 0 Å². The second-order valence-corrected chi connectivity index (χ2v) is 15.7. The maximum Gasteiger partial charge on any atom is 0.296 e. The maximum atomic E-state index is 11.7. The lowest BCUT2D eigenvalue weighted by Gasteiger charge is -2.10. The van der Waals surface area contributed by atoms with Gasteiger partial charge in [0.1, 0.15) is 27.7 Å². The monoisotopic (exact) mass is 847 g/mol. The van der Waals surface area contributed by atoms with E-state index in [4.69, 9.17) is 4.74 Å². The van der Waals surface area contributed by atoms with Crippen LogP contribution in [0.2, 0.25) is 0 Å². The summed E-state index contributed by atoms with van der Waals surface area (Å²) in [5.41, 5.74) is 8.61. The molecule has 7 aromatic carbocycles. The molecule has 0 saturated carbocycles. The minimum absolute atomic E-state index is 0.0157. The first-order chi connectivity index (χ1) is 29.8. The number of hydrogen-bond acceptors (Lipinski definition) is 14. The topological polar surface area (TPSA) is 215 Å². The minimum Gasteiger partial charge on any atom is -0.505 e. The number of aliphatic hydroxyl groups excluding tert-OH is 1. The van der Waals surface area contributed by atoms with E-state index < -0.39 is 10.1 Å². The molecule has 0 spiro atoms. The van der Waals surface area contributed by atoms with Crippen molar-refractivity contribution in [2.75, 3.05) is 12.4 Å². The van der Waals surface area contributed by atoms with E-state index in [1.165, 1.54) is 25.3 Å². The van der Waals surface area contributed by atoms with Gasteiger partial charge in [0, 0.05) is 28.4 Å². The van der Waals surface area contributed by atoms with Crippen LogP contribution in [-0.4, -0.2) is 30.3 Å². The molecule has 0 fully saturated rings. The summed E-state index contributed by atoms with van der Waals surface area (Å²) in [7, 11) is -2.98. The summed E-state index contributed by atoms with van der Waals surface area (Å²) < 4.78 is 38.6. The van der Waals surface area contributed by atoms with E-state index in [-0.39, 0.29) is 28.6 Å². The van der Waals surface area contributed by atoms with Crippen LogP contribution in [0, 0.1) is 27.7 Å². The maximum absolute atomic E-state index is 11.7. The number of ether oxygens (including phenoxy) is 1. The van der Waals surface area contributed by atoms with Crippen LogP contribution in [0.5, 0.6) is 11.5 Å². The summed E-state index contributed by atoms with van der Waals surface area (Å²) in [6.45, 7) is 7.08. The van der Waals surface area contributed by atoms with Crippen LogP contribution in [-0.2, 0) is 16.7 Å². The van der Waals surface area contributed by atoms with Gasteiger partial charge in [0.2, 0.25) is 0 Å². The Morgan fingerprint density at radius 2 is 1.05 bits per heavy atom. The first-order valence-corrected chi connectivity index (χ1v) is 20.6. The van der Waals surface area contributed by atoms with E-state index in [0.717, 1.165) is 39.0 Å². The Labute approximate surface area is 357 Å². The number of para-hydroxylation sites is 1. The predicted octanol–water partition coefficient (Wildman–Crippen LogP) is 13.9. The van der Waals surface area contributed by atoms with E-state index in [1.54, 1.807) is 36.4 Å². The highest BCUT2D eigenvalue weighted by molar-refractivity contribution is 7.86. The zero-order chi connectivity index (χ0) is 44.0. The Hall–Kier alpha value is -7.53. The predicted molar refractivity (Wildman–Crippen MR) is 239 cm³/mol. The van der Waals surface area contributed by atoms with Crippen LogP contribution in [0.3, 0.4) is 0 Å². The molecule has 0 unspecified atom stereocenters. The van der Waals surface area contributed by atoms with Crippen LogP contribution >= 0.6 is 0 Å². The number of aliphatic hydroxyl groups is 1. The Kier molecular flexibility index (Phi) is 12.6. The highest BCUT2D eigenvalue weighted by Crippen LogP contribution is 2.41. The number of nitrogens with one attached hydrogen (secondary N) is 1. The molecule has 4 N–H and O–H groups in total. The number of aryl methyl sites for hydroxylation is 4. The van der Waals surface area contributed by atoms with Crippen LogP contribution < -0.4 is 10.1 Å². The summed E-state index contributed by atoms with van der Waals surface area (Å²) in [6, 6.07) is 35.3. The molecule has 0 aliphatic rings. The summed E-state index contributed by atoms with van der Waals surface area (Å²) in [4.78, 5) is -0.335. The highest BCUT2D eigenvalue weighted by atomic mass is 32.2. The van der Waals surface area contributed by atoms with E-state index >= 15 is 0 Å². The Bertz CT molecular complexity index is 3060. The molecule has 7 rings (SSSR count). The number of aromatic hydroxyl groups is 1. The molecular weight excluding hydrogens is 807 g/mol. The second-order valence-electron chi connectivity index (χ2n) is 14.3. The minimum atomic E-state index is -4.47. The zero-order valence-electron chi connectivity index (χ0n) is 34.3. The molecular formula is C46H41N9O6S. The van der Waals surface area contributed by atoms with Crippen molar-refractivity contribution in [3.05, 3.63) is 149 Å². The van der Waals surface area contributed by atoms with Gasteiger partial charge in [0.15, 0.2) is 5.75 Å². The van der Waals surface area contributed by atoms with Gasteiger partial charge in [-0.15, -0.1) is 15.3 Å². The van der Waals surface area contributed by atoms with E-state index in [0.29, 0.717) is 50.8 Å². The van der Waals surface area contributed by atoms with Gasteiger partial charge in [0.05, 0.1) is 42.2 Å². The lowest BCUT2D eigenvalue weighted by molar-refractivity contribution is 0.282. The number of nitrogens with zero attached hydrogens (tertiary/aromatic N) is 8. The fraction of sp³-hybridized carbons (Fsp3) is 0.130. The molecule has 15 nitrogen and oxygen atoms in total. The number of azo groups is 4. The molecule has 62 heavy (non-hydrogen) atoms. The lowest BCUT2D eigenvalue weighted by atomic mass is 10.1. The number of methoxy groups -OCH3 is 1. The molecule has 0 saturated heterocycles. The molecule has 0 aliphatic carbocycles. The molecule has 0 aromatic heterocycles. The molecule has 0 radical (unpaired) electrons. The summed E-state index contributed by atoms with van der Waals surface area (Å²) in [5.74, 6) is 0.317. The van der Waals surface area contributed by atoms with Gasteiger partial charge in [0.25, 0.3) is 10.1 Å². The van der Waals surface area contributed by atoms with Crippen LogP contribution in [0.4, 0.5) is 56.9 Å². The standard InChI is InChI=1S/C46H41N9O6S/c1-27-20-39(28(2)19-38(27)50-48-36-13-9-10-14-45(36)62(58,59)60)51-52-40-21-30(4)41(22-29(40)3)53-54-42-25-44(61-5)43(24-32(42)26-56)55-49-37-18-15-31-23-34(16-17-35(31)46(37)57)47-33-11-7-6-8-12-33/h6-25,47,56-57H,26H2,1-5H3,(H,58,59,60).